The molecule has 0 radical (unpaired) electrons. The molecule has 5 nitrogen and oxygen atoms in total. The third-order valence-corrected chi connectivity index (χ3v) is 4.14. The molecule has 1 aromatic rings. The van der Waals surface area contributed by atoms with Crippen molar-refractivity contribution in [2.75, 3.05) is 27.3 Å². The molecule has 1 fully saturated rings. The average Bonchev–Trinajstić information content (AvgIpc) is 2.83. The number of carbonyl (C=O) groups is 1. The minimum Gasteiger partial charge on any atom is -0.497 e. The molecule has 1 aliphatic heterocycles. The van der Waals surface area contributed by atoms with Gasteiger partial charge in [-0.3, -0.25) is 0 Å². The van der Waals surface area contributed by atoms with Gasteiger partial charge >= 0.3 is 6.03 Å². The molecule has 1 N–H and O–H groups in total. The van der Waals surface area contributed by atoms with Crippen molar-refractivity contribution in [3.8, 4) is 11.5 Å². The standard InChI is InChI=1S/C17H26N2O3/c1-13(15-9-8-14(21-2)12-16(15)22-3)18-17(20)19-10-6-4-5-7-11-19/h8-9,12-13H,4-7,10-11H2,1-3H3,(H,18,20)/t13-/m0/s1. The number of methoxy groups -OCH3 is 2. The summed E-state index contributed by atoms with van der Waals surface area (Å²) in [5.41, 5.74) is 0.950. The van der Waals surface area contributed by atoms with Crippen molar-refractivity contribution in [2.45, 2.75) is 38.6 Å². The number of ether oxygens (including phenoxy) is 2. The van der Waals surface area contributed by atoms with Crippen molar-refractivity contribution in [1.82, 2.24) is 10.2 Å². The first kappa shape index (κ1) is 16.5. The lowest BCUT2D eigenvalue weighted by atomic mass is 10.1. The van der Waals surface area contributed by atoms with Crippen LogP contribution < -0.4 is 14.8 Å². The van der Waals surface area contributed by atoms with Gasteiger partial charge in [0.05, 0.1) is 20.3 Å². The summed E-state index contributed by atoms with van der Waals surface area (Å²) in [5.74, 6) is 1.47. The van der Waals surface area contributed by atoms with Crippen LogP contribution in [0.15, 0.2) is 18.2 Å². The first-order valence-corrected chi connectivity index (χ1v) is 7.93. The van der Waals surface area contributed by atoms with Gasteiger partial charge < -0.3 is 19.7 Å². The fraction of sp³-hybridized carbons (Fsp3) is 0.588. The van der Waals surface area contributed by atoms with Gasteiger partial charge in [-0.15, -0.1) is 0 Å². The minimum absolute atomic E-state index is 0.00673. The van der Waals surface area contributed by atoms with Crippen LogP contribution >= 0.6 is 0 Å². The van der Waals surface area contributed by atoms with E-state index >= 15 is 0 Å². The summed E-state index contributed by atoms with van der Waals surface area (Å²) in [6.45, 7) is 3.66. The van der Waals surface area contributed by atoms with E-state index in [1.165, 1.54) is 12.8 Å². The van der Waals surface area contributed by atoms with Crippen molar-refractivity contribution in [1.29, 1.82) is 0 Å². The van der Waals surface area contributed by atoms with E-state index in [1.54, 1.807) is 14.2 Å². The zero-order valence-corrected chi connectivity index (χ0v) is 13.7. The molecule has 0 spiro atoms. The normalized spacial score (nSPS) is 16.6. The molecule has 1 aliphatic rings. The fourth-order valence-electron chi connectivity index (χ4n) is 2.80. The van der Waals surface area contributed by atoms with Crippen LogP contribution in [0.1, 0.15) is 44.2 Å². The number of amides is 2. The number of nitrogens with zero attached hydrogens (tertiary/aromatic N) is 1. The molecule has 1 heterocycles. The van der Waals surface area contributed by atoms with Gasteiger partial charge in [0.2, 0.25) is 0 Å². The maximum Gasteiger partial charge on any atom is 0.317 e. The van der Waals surface area contributed by atoms with Crippen LogP contribution in [0.4, 0.5) is 4.79 Å². The highest BCUT2D eigenvalue weighted by atomic mass is 16.5. The maximum absolute atomic E-state index is 12.4. The summed E-state index contributed by atoms with van der Waals surface area (Å²) in [6.07, 6.45) is 4.61. The van der Waals surface area contributed by atoms with Gasteiger partial charge in [0.1, 0.15) is 11.5 Å². The summed E-state index contributed by atoms with van der Waals surface area (Å²) >= 11 is 0. The molecule has 1 aromatic carbocycles. The predicted octanol–water partition coefficient (Wildman–Crippen LogP) is 3.35. The number of rotatable bonds is 4. The molecule has 5 heteroatoms. The monoisotopic (exact) mass is 306 g/mol. The quantitative estimate of drug-likeness (QED) is 0.928. The van der Waals surface area contributed by atoms with Crippen LogP contribution in [-0.2, 0) is 0 Å². The molecule has 1 saturated heterocycles. The first-order chi connectivity index (χ1) is 10.7. The zero-order chi connectivity index (χ0) is 15.9. The number of hydrogen-bond acceptors (Lipinski definition) is 3. The van der Waals surface area contributed by atoms with Gasteiger partial charge in [-0.05, 0) is 31.9 Å². The Morgan fingerprint density at radius 3 is 2.41 bits per heavy atom. The fourth-order valence-corrected chi connectivity index (χ4v) is 2.80. The third kappa shape index (κ3) is 4.06. The second kappa shape index (κ2) is 7.92. The molecule has 2 rings (SSSR count). The molecule has 0 bridgehead atoms. The molecule has 0 aromatic heterocycles. The van der Waals surface area contributed by atoms with Gasteiger partial charge in [-0.1, -0.05) is 12.8 Å². The van der Waals surface area contributed by atoms with E-state index in [0.717, 1.165) is 43.0 Å². The second-order valence-electron chi connectivity index (χ2n) is 5.68. The molecule has 2 amide bonds. The summed E-state index contributed by atoms with van der Waals surface area (Å²) < 4.78 is 10.6. The Morgan fingerprint density at radius 1 is 1.14 bits per heavy atom. The smallest absolute Gasteiger partial charge is 0.317 e. The molecular weight excluding hydrogens is 280 g/mol. The van der Waals surface area contributed by atoms with Crippen LogP contribution in [0.5, 0.6) is 11.5 Å². The van der Waals surface area contributed by atoms with Crippen LogP contribution in [-0.4, -0.2) is 38.2 Å². The maximum atomic E-state index is 12.4. The van der Waals surface area contributed by atoms with Gasteiger partial charge in [0.15, 0.2) is 0 Å². The van der Waals surface area contributed by atoms with Crippen molar-refractivity contribution < 1.29 is 14.3 Å². The van der Waals surface area contributed by atoms with E-state index in [1.807, 2.05) is 30.0 Å². The Labute approximate surface area is 132 Å². The zero-order valence-electron chi connectivity index (χ0n) is 13.7. The Morgan fingerprint density at radius 2 is 1.82 bits per heavy atom. The van der Waals surface area contributed by atoms with Crippen molar-refractivity contribution in [2.24, 2.45) is 0 Å². The summed E-state index contributed by atoms with van der Waals surface area (Å²) in [4.78, 5) is 14.3. The summed E-state index contributed by atoms with van der Waals surface area (Å²) in [6, 6.07) is 5.55. The Hall–Kier alpha value is -1.91. The predicted molar refractivity (Wildman–Crippen MR) is 86.5 cm³/mol. The highest BCUT2D eigenvalue weighted by Gasteiger charge is 2.19. The van der Waals surface area contributed by atoms with Gasteiger partial charge in [-0.25, -0.2) is 4.79 Å². The Balaban J connectivity index is 2.04. The molecule has 0 unspecified atom stereocenters. The van der Waals surface area contributed by atoms with Crippen LogP contribution in [0.25, 0.3) is 0 Å². The number of likely N-dealkylation sites (tertiary alicyclic amines) is 1. The van der Waals surface area contributed by atoms with Crippen LogP contribution in [0.3, 0.4) is 0 Å². The van der Waals surface area contributed by atoms with E-state index in [2.05, 4.69) is 5.32 Å². The van der Waals surface area contributed by atoms with E-state index in [4.69, 9.17) is 9.47 Å². The van der Waals surface area contributed by atoms with E-state index < -0.39 is 0 Å². The topological polar surface area (TPSA) is 50.8 Å². The number of carbonyl (C=O) groups excluding carboxylic acids is 1. The van der Waals surface area contributed by atoms with Crippen molar-refractivity contribution in [3.05, 3.63) is 23.8 Å². The minimum atomic E-state index is -0.114. The lowest BCUT2D eigenvalue weighted by Crippen LogP contribution is -2.41. The molecule has 0 saturated carbocycles. The molecule has 1 atom stereocenters. The number of hydrogen-bond donors (Lipinski definition) is 1. The van der Waals surface area contributed by atoms with Gasteiger partial charge in [-0.2, -0.15) is 0 Å². The number of urea groups is 1. The molecule has 122 valence electrons. The second-order valence-corrected chi connectivity index (χ2v) is 5.68. The Bertz CT molecular complexity index is 497. The van der Waals surface area contributed by atoms with E-state index in [-0.39, 0.29) is 12.1 Å². The van der Waals surface area contributed by atoms with Crippen LogP contribution in [0, 0.1) is 0 Å². The number of benzene rings is 1. The van der Waals surface area contributed by atoms with Gasteiger partial charge in [0.25, 0.3) is 0 Å². The summed E-state index contributed by atoms with van der Waals surface area (Å²) in [5, 5.41) is 3.07. The summed E-state index contributed by atoms with van der Waals surface area (Å²) in [7, 11) is 3.25. The van der Waals surface area contributed by atoms with Crippen molar-refractivity contribution in [3.63, 3.8) is 0 Å². The lowest BCUT2D eigenvalue weighted by Gasteiger charge is -2.24. The highest BCUT2D eigenvalue weighted by Crippen LogP contribution is 2.29. The SMILES string of the molecule is COc1ccc([C@H](C)NC(=O)N2CCCCCC2)c(OC)c1. The molecule has 0 aliphatic carbocycles. The first-order valence-electron chi connectivity index (χ1n) is 7.93. The van der Waals surface area contributed by atoms with Gasteiger partial charge in [0, 0.05) is 24.7 Å². The highest BCUT2D eigenvalue weighted by molar-refractivity contribution is 5.74. The third-order valence-electron chi connectivity index (χ3n) is 4.14. The Kier molecular flexibility index (Phi) is 5.92. The largest absolute Gasteiger partial charge is 0.497 e. The van der Waals surface area contributed by atoms with Crippen LogP contribution in [0.2, 0.25) is 0 Å². The lowest BCUT2D eigenvalue weighted by molar-refractivity contribution is 0.196. The average molecular weight is 306 g/mol. The van der Waals surface area contributed by atoms with Crippen molar-refractivity contribution >= 4 is 6.03 Å². The number of nitrogens with one attached hydrogen (secondary N) is 1. The molecular formula is C17H26N2O3. The van der Waals surface area contributed by atoms with E-state index in [9.17, 15) is 4.79 Å². The molecule has 22 heavy (non-hydrogen) atoms. The van der Waals surface area contributed by atoms with E-state index in [0.29, 0.717) is 0 Å².